The summed E-state index contributed by atoms with van der Waals surface area (Å²) in [5.74, 6) is -0.739. The van der Waals surface area contributed by atoms with Gasteiger partial charge in [-0.2, -0.15) is 5.10 Å². The molecule has 0 bridgehead atoms. The summed E-state index contributed by atoms with van der Waals surface area (Å²) in [6.45, 7) is 6.25. The summed E-state index contributed by atoms with van der Waals surface area (Å²) in [4.78, 5) is 12.1. The number of hydrogen-bond donors (Lipinski definition) is 2. The number of carbonyl (C=O) groups is 1. The van der Waals surface area contributed by atoms with Crippen LogP contribution in [0.4, 0.5) is 15.8 Å². The minimum atomic E-state index is -0.500. The minimum absolute atomic E-state index is 0.184. The Hall–Kier alpha value is -2.37. The first-order chi connectivity index (χ1) is 9.99. The molecule has 112 valence electrons. The van der Waals surface area contributed by atoms with E-state index in [0.29, 0.717) is 0 Å². The summed E-state index contributed by atoms with van der Waals surface area (Å²) in [5.41, 5.74) is 1.75. The lowest BCUT2D eigenvalue weighted by atomic mass is 10.2. The van der Waals surface area contributed by atoms with E-state index in [9.17, 15) is 9.18 Å². The van der Waals surface area contributed by atoms with Crippen molar-refractivity contribution >= 4 is 17.3 Å². The standard InChI is InChI=1S/C15H19FN4O/c1-4-20-9-12(8-17-20)18-11(3)15(21)19-14-6-5-10(2)7-13(14)16/h5-9,11,18H,4H2,1-3H3,(H,19,21). The molecule has 0 radical (unpaired) electrons. The molecule has 1 amide bonds. The SMILES string of the molecule is CCn1cc(NC(C)C(=O)Nc2ccc(C)cc2F)cn1. The number of anilines is 2. The lowest BCUT2D eigenvalue weighted by molar-refractivity contribution is -0.116. The molecule has 0 spiro atoms. The summed E-state index contributed by atoms with van der Waals surface area (Å²) >= 11 is 0. The van der Waals surface area contributed by atoms with E-state index in [1.165, 1.54) is 6.07 Å². The van der Waals surface area contributed by atoms with Gasteiger partial charge < -0.3 is 10.6 Å². The Morgan fingerprint density at radius 1 is 1.48 bits per heavy atom. The lowest BCUT2D eigenvalue weighted by Gasteiger charge is -2.14. The van der Waals surface area contributed by atoms with Crippen molar-refractivity contribution in [3.05, 3.63) is 42.0 Å². The fourth-order valence-electron chi connectivity index (χ4n) is 1.89. The first-order valence-corrected chi connectivity index (χ1v) is 6.85. The maximum atomic E-state index is 13.7. The molecule has 0 aliphatic rings. The highest BCUT2D eigenvalue weighted by atomic mass is 19.1. The number of aromatic nitrogens is 2. The van der Waals surface area contributed by atoms with E-state index in [0.717, 1.165) is 17.8 Å². The van der Waals surface area contributed by atoms with Gasteiger partial charge >= 0.3 is 0 Å². The third kappa shape index (κ3) is 3.81. The van der Waals surface area contributed by atoms with E-state index in [-0.39, 0.29) is 11.6 Å². The van der Waals surface area contributed by atoms with Crippen LogP contribution in [0, 0.1) is 12.7 Å². The van der Waals surface area contributed by atoms with Gasteiger partial charge in [-0.05, 0) is 38.5 Å². The minimum Gasteiger partial charge on any atom is -0.371 e. The molecule has 1 atom stereocenters. The van der Waals surface area contributed by atoms with Crippen LogP contribution in [0.3, 0.4) is 0 Å². The van der Waals surface area contributed by atoms with Crippen molar-refractivity contribution in [2.75, 3.05) is 10.6 Å². The van der Waals surface area contributed by atoms with Crippen molar-refractivity contribution in [3.63, 3.8) is 0 Å². The molecular formula is C15H19FN4O. The zero-order chi connectivity index (χ0) is 15.4. The van der Waals surface area contributed by atoms with E-state index in [2.05, 4.69) is 15.7 Å². The predicted octanol–water partition coefficient (Wildman–Crippen LogP) is 2.79. The number of halogens is 1. The molecule has 1 aromatic carbocycles. The number of aryl methyl sites for hydroxylation is 2. The summed E-state index contributed by atoms with van der Waals surface area (Å²) in [6, 6.07) is 4.20. The van der Waals surface area contributed by atoms with Gasteiger partial charge in [0.2, 0.25) is 5.91 Å². The highest BCUT2D eigenvalue weighted by Crippen LogP contribution is 2.16. The molecule has 0 aliphatic heterocycles. The van der Waals surface area contributed by atoms with Crippen LogP contribution >= 0.6 is 0 Å². The molecule has 21 heavy (non-hydrogen) atoms. The zero-order valence-corrected chi connectivity index (χ0v) is 12.4. The fraction of sp³-hybridized carbons (Fsp3) is 0.333. The number of nitrogens with one attached hydrogen (secondary N) is 2. The van der Waals surface area contributed by atoms with Crippen molar-refractivity contribution in [1.29, 1.82) is 0 Å². The summed E-state index contributed by atoms with van der Waals surface area (Å²) in [6.07, 6.45) is 3.47. The highest BCUT2D eigenvalue weighted by molar-refractivity contribution is 5.96. The Labute approximate surface area is 123 Å². The van der Waals surface area contributed by atoms with Gasteiger partial charge in [0.25, 0.3) is 0 Å². The Kier molecular flexibility index (Phi) is 4.57. The van der Waals surface area contributed by atoms with Crippen LogP contribution in [-0.2, 0) is 11.3 Å². The molecule has 2 aromatic rings. The van der Waals surface area contributed by atoms with Gasteiger partial charge in [-0.15, -0.1) is 0 Å². The van der Waals surface area contributed by atoms with Crippen molar-refractivity contribution in [1.82, 2.24) is 9.78 Å². The first kappa shape index (κ1) is 15.0. The quantitative estimate of drug-likeness (QED) is 0.890. The number of benzene rings is 1. The molecule has 5 nitrogen and oxygen atoms in total. The maximum Gasteiger partial charge on any atom is 0.246 e. The van der Waals surface area contributed by atoms with Gasteiger partial charge in [0.1, 0.15) is 11.9 Å². The largest absolute Gasteiger partial charge is 0.371 e. The van der Waals surface area contributed by atoms with Gasteiger partial charge in [0.15, 0.2) is 0 Å². The Bertz CT molecular complexity index is 638. The molecule has 0 aliphatic carbocycles. The monoisotopic (exact) mass is 290 g/mol. The second-order valence-corrected chi connectivity index (χ2v) is 4.92. The molecule has 0 saturated heterocycles. The number of amides is 1. The van der Waals surface area contributed by atoms with Gasteiger partial charge in [0.05, 0.1) is 17.6 Å². The van der Waals surface area contributed by atoms with E-state index < -0.39 is 11.9 Å². The van der Waals surface area contributed by atoms with Crippen LogP contribution in [0.25, 0.3) is 0 Å². The maximum absolute atomic E-state index is 13.7. The van der Waals surface area contributed by atoms with Gasteiger partial charge in [0, 0.05) is 12.7 Å². The second-order valence-electron chi connectivity index (χ2n) is 4.92. The van der Waals surface area contributed by atoms with Gasteiger partial charge in [-0.1, -0.05) is 6.07 Å². The lowest BCUT2D eigenvalue weighted by Crippen LogP contribution is -2.32. The van der Waals surface area contributed by atoms with Gasteiger partial charge in [-0.25, -0.2) is 4.39 Å². The van der Waals surface area contributed by atoms with E-state index >= 15 is 0 Å². The van der Waals surface area contributed by atoms with E-state index in [1.807, 2.05) is 13.1 Å². The molecule has 2 N–H and O–H groups in total. The first-order valence-electron chi connectivity index (χ1n) is 6.85. The zero-order valence-electron chi connectivity index (χ0n) is 12.4. The van der Waals surface area contributed by atoms with Crippen LogP contribution < -0.4 is 10.6 Å². The summed E-state index contributed by atoms with van der Waals surface area (Å²) in [5, 5.41) is 9.72. The van der Waals surface area contributed by atoms with Crippen molar-refractivity contribution in [2.45, 2.75) is 33.4 Å². The van der Waals surface area contributed by atoms with Crippen molar-refractivity contribution in [3.8, 4) is 0 Å². The molecule has 2 rings (SSSR count). The Morgan fingerprint density at radius 3 is 2.86 bits per heavy atom. The molecule has 1 heterocycles. The molecule has 6 heteroatoms. The number of nitrogens with zero attached hydrogens (tertiary/aromatic N) is 2. The summed E-state index contributed by atoms with van der Waals surface area (Å²) in [7, 11) is 0. The Balaban J connectivity index is 1.99. The molecule has 1 unspecified atom stereocenters. The number of rotatable bonds is 5. The third-order valence-electron chi connectivity index (χ3n) is 3.12. The fourth-order valence-corrected chi connectivity index (χ4v) is 1.89. The molecule has 0 saturated carbocycles. The average Bonchev–Trinajstić information content (AvgIpc) is 2.89. The highest BCUT2D eigenvalue weighted by Gasteiger charge is 2.15. The van der Waals surface area contributed by atoms with Crippen LogP contribution in [-0.4, -0.2) is 21.7 Å². The molecule has 1 aromatic heterocycles. The van der Waals surface area contributed by atoms with Crippen molar-refractivity contribution in [2.24, 2.45) is 0 Å². The van der Waals surface area contributed by atoms with E-state index in [1.54, 1.807) is 36.9 Å². The average molecular weight is 290 g/mol. The topological polar surface area (TPSA) is 59.0 Å². The van der Waals surface area contributed by atoms with Gasteiger partial charge in [-0.3, -0.25) is 9.48 Å². The van der Waals surface area contributed by atoms with E-state index in [4.69, 9.17) is 0 Å². The predicted molar refractivity (Wildman–Crippen MR) is 80.8 cm³/mol. The Morgan fingerprint density at radius 2 is 2.24 bits per heavy atom. The smallest absolute Gasteiger partial charge is 0.246 e. The van der Waals surface area contributed by atoms with Crippen LogP contribution in [0.1, 0.15) is 19.4 Å². The molecular weight excluding hydrogens is 271 g/mol. The third-order valence-corrected chi connectivity index (χ3v) is 3.12. The number of hydrogen-bond acceptors (Lipinski definition) is 3. The normalized spacial score (nSPS) is 12.0. The second kappa shape index (κ2) is 6.39. The summed E-state index contributed by atoms with van der Waals surface area (Å²) < 4.78 is 15.5. The van der Waals surface area contributed by atoms with Crippen LogP contribution in [0.2, 0.25) is 0 Å². The molecule has 0 fully saturated rings. The van der Waals surface area contributed by atoms with Crippen molar-refractivity contribution < 1.29 is 9.18 Å². The number of carbonyl (C=O) groups excluding carboxylic acids is 1. The van der Waals surface area contributed by atoms with Crippen LogP contribution in [0.15, 0.2) is 30.6 Å². The van der Waals surface area contributed by atoms with Crippen LogP contribution in [0.5, 0.6) is 0 Å².